The van der Waals surface area contributed by atoms with Crippen LogP contribution in [0.1, 0.15) is 32.1 Å². The van der Waals surface area contributed by atoms with Crippen molar-refractivity contribution < 1.29 is 4.79 Å². The fraction of sp³-hybridized carbons (Fsp3) is 0.909. The smallest absolute Gasteiger partial charge is 0.222 e. The molecule has 1 amide bonds. The maximum Gasteiger partial charge on any atom is 0.222 e. The number of amides is 1. The van der Waals surface area contributed by atoms with Gasteiger partial charge < -0.3 is 10.6 Å². The van der Waals surface area contributed by atoms with Crippen molar-refractivity contribution in [3.8, 4) is 0 Å². The summed E-state index contributed by atoms with van der Waals surface area (Å²) in [5, 5.41) is 0. The fourth-order valence-corrected chi connectivity index (χ4v) is 2.57. The zero-order chi connectivity index (χ0) is 11.1. The van der Waals surface area contributed by atoms with E-state index in [9.17, 15) is 4.79 Å². The molecule has 0 aromatic rings. The van der Waals surface area contributed by atoms with Crippen molar-refractivity contribution in [1.82, 2.24) is 4.90 Å². The largest absolute Gasteiger partial charge is 0.338 e. The Morgan fingerprint density at radius 1 is 1.53 bits per heavy atom. The lowest BCUT2D eigenvalue weighted by atomic mass is 10.2. The molecule has 1 atom stereocenters. The summed E-state index contributed by atoms with van der Waals surface area (Å²) in [5.74, 6) is 1.47. The summed E-state index contributed by atoms with van der Waals surface area (Å²) in [7, 11) is 0. The number of hydrogen-bond acceptors (Lipinski definition) is 3. The van der Waals surface area contributed by atoms with Crippen LogP contribution < -0.4 is 5.73 Å². The van der Waals surface area contributed by atoms with Crippen LogP contribution in [0.3, 0.4) is 0 Å². The van der Waals surface area contributed by atoms with Gasteiger partial charge in [-0.25, -0.2) is 0 Å². The molecule has 0 aliphatic carbocycles. The van der Waals surface area contributed by atoms with E-state index in [2.05, 4.69) is 6.26 Å². The summed E-state index contributed by atoms with van der Waals surface area (Å²) < 4.78 is 0. The Morgan fingerprint density at radius 2 is 2.33 bits per heavy atom. The van der Waals surface area contributed by atoms with Gasteiger partial charge in [-0.3, -0.25) is 4.79 Å². The number of thioether (sulfide) groups is 1. The van der Waals surface area contributed by atoms with Gasteiger partial charge in [0.05, 0.1) is 0 Å². The minimum Gasteiger partial charge on any atom is -0.338 e. The molecule has 0 spiro atoms. The highest BCUT2D eigenvalue weighted by molar-refractivity contribution is 7.98. The molecule has 1 heterocycles. The first-order valence-electron chi connectivity index (χ1n) is 5.78. The minimum absolute atomic E-state index is 0.309. The highest BCUT2D eigenvalue weighted by atomic mass is 32.2. The lowest BCUT2D eigenvalue weighted by Gasteiger charge is -2.23. The molecule has 1 unspecified atom stereocenters. The van der Waals surface area contributed by atoms with E-state index in [1.807, 2.05) is 16.7 Å². The molecule has 1 rings (SSSR count). The molecule has 0 radical (unpaired) electrons. The van der Waals surface area contributed by atoms with E-state index in [1.165, 1.54) is 0 Å². The normalized spacial score (nSPS) is 20.9. The van der Waals surface area contributed by atoms with Gasteiger partial charge in [0.25, 0.3) is 0 Å². The van der Waals surface area contributed by atoms with E-state index < -0.39 is 0 Å². The summed E-state index contributed by atoms with van der Waals surface area (Å²) in [6.07, 6.45) is 7.19. The molecule has 88 valence electrons. The third-order valence-electron chi connectivity index (χ3n) is 2.96. The molecular formula is C11H22N2OS. The second-order valence-corrected chi connectivity index (χ2v) is 5.05. The molecule has 2 N–H and O–H groups in total. The Morgan fingerprint density at radius 3 is 3.00 bits per heavy atom. The van der Waals surface area contributed by atoms with Crippen molar-refractivity contribution in [2.24, 2.45) is 5.73 Å². The second kappa shape index (κ2) is 7.12. The van der Waals surface area contributed by atoms with Gasteiger partial charge in [0.2, 0.25) is 5.91 Å². The lowest BCUT2D eigenvalue weighted by Crippen LogP contribution is -2.39. The highest BCUT2D eigenvalue weighted by Gasteiger charge is 2.26. The molecular weight excluding hydrogens is 208 g/mol. The zero-order valence-corrected chi connectivity index (χ0v) is 10.4. The Kier molecular flexibility index (Phi) is 6.10. The number of rotatable bonds is 6. The average Bonchev–Trinajstić information content (AvgIpc) is 2.72. The van der Waals surface area contributed by atoms with Gasteiger partial charge in [0.15, 0.2) is 0 Å². The predicted molar refractivity (Wildman–Crippen MR) is 66.0 cm³/mol. The van der Waals surface area contributed by atoms with Crippen LogP contribution in [0.25, 0.3) is 0 Å². The number of hydrogen-bond donors (Lipinski definition) is 1. The van der Waals surface area contributed by atoms with Crippen LogP contribution in [0.4, 0.5) is 0 Å². The first-order valence-corrected chi connectivity index (χ1v) is 7.17. The summed E-state index contributed by atoms with van der Waals surface area (Å²) in [5.41, 5.74) is 5.64. The SMILES string of the molecule is CSCCCCC(=O)N1CCCC1CN. The van der Waals surface area contributed by atoms with E-state index in [1.54, 1.807) is 0 Å². The summed E-state index contributed by atoms with van der Waals surface area (Å²) in [4.78, 5) is 13.8. The lowest BCUT2D eigenvalue weighted by molar-refractivity contribution is -0.131. The Bertz CT molecular complexity index is 199. The topological polar surface area (TPSA) is 46.3 Å². The second-order valence-electron chi connectivity index (χ2n) is 4.07. The standard InChI is InChI=1S/C11H22N2OS/c1-15-8-3-2-6-11(14)13-7-4-5-10(13)9-12/h10H,2-9,12H2,1H3. The van der Waals surface area contributed by atoms with Gasteiger partial charge in [-0.15, -0.1) is 0 Å². The number of carbonyl (C=O) groups excluding carboxylic acids is 1. The molecule has 4 heteroatoms. The summed E-state index contributed by atoms with van der Waals surface area (Å²) in [6, 6.07) is 0.318. The van der Waals surface area contributed by atoms with E-state index in [-0.39, 0.29) is 0 Å². The van der Waals surface area contributed by atoms with Crippen LogP contribution in [0.2, 0.25) is 0 Å². The number of unbranched alkanes of at least 4 members (excludes halogenated alkanes) is 1. The monoisotopic (exact) mass is 230 g/mol. The quantitative estimate of drug-likeness (QED) is 0.703. The van der Waals surface area contributed by atoms with Crippen molar-refractivity contribution in [3.63, 3.8) is 0 Å². The highest BCUT2D eigenvalue weighted by Crippen LogP contribution is 2.18. The number of nitrogens with zero attached hydrogens (tertiary/aromatic N) is 1. The Hall–Kier alpha value is -0.220. The van der Waals surface area contributed by atoms with Crippen molar-refractivity contribution in [2.45, 2.75) is 38.1 Å². The Balaban J connectivity index is 2.21. The molecule has 0 bridgehead atoms. The van der Waals surface area contributed by atoms with Crippen LogP contribution in [0, 0.1) is 0 Å². The van der Waals surface area contributed by atoms with Crippen molar-refractivity contribution >= 4 is 17.7 Å². The number of nitrogens with two attached hydrogens (primary N) is 1. The van der Waals surface area contributed by atoms with Crippen LogP contribution in [-0.2, 0) is 4.79 Å². The number of likely N-dealkylation sites (tertiary alicyclic amines) is 1. The summed E-state index contributed by atoms with van der Waals surface area (Å²) >= 11 is 1.85. The van der Waals surface area contributed by atoms with Gasteiger partial charge in [-0.05, 0) is 37.7 Å². The third kappa shape index (κ3) is 4.03. The van der Waals surface area contributed by atoms with Crippen molar-refractivity contribution in [2.75, 3.05) is 25.1 Å². The predicted octanol–water partition coefficient (Wildman–Crippen LogP) is 1.47. The number of carbonyl (C=O) groups is 1. The van der Waals surface area contributed by atoms with Crippen molar-refractivity contribution in [1.29, 1.82) is 0 Å². The van der Waals surface area contributed by atoms with Gasteiger partial charge in [-0.2, -0.15) is 11.8 Å². The van der Waals surface area contributed by atoms with Gasteiger partial charge >= 0.3 is 0 Å². The van der Waals surface area contributed by atoms with Crippen LogP contribution in [-0.4, -0.2) is 41.9 Å². The first kappa shape index (κ1) is 12.8. The first-order chi connectivity index (χ1) is 7.29. The van der Waals surface area contributed by atoms with Crippen LogP contribution >= 0.6 is 11.8 Å². The molecule has 1 fully saturated rings. The molecule has 0 aromatic carbocycles. The average molecular weight is 230 g/mol. The van der Waals surface area contributed by atoms with Gasteiger partial charge in [-0.1, -0.05) is 0 Å². The fourth-order valence-electron chi connectivity index (χ4n) is 2.08. The third-order valence-corrected chi connectivity index (χ3v) is 3.66. The van der Waals surface area contributed by atoms with E-state index in [4.69, 9.17) is 5.73 Å². The molecule has 0 saturated carbocycles. The van der Waals surface area contributed by atoms with Crippen LogP contribution in [0.5, 0.6) is 0 Å². The summed E-state index contributed by atoms with van der Waals surface area (Å²) in [6.45, 7) is 1.54. The molecule has 0 aromatic heterocycles. The van der Waals surface area contributed by atoms with E-state index in [0.717, 1.165) is 38.0 Å². The van der Waals surface area contributed by atoms with Gasteiger partial charge in [0, 0.05) is 25.6 Å². The Labute approximate surface area is 96.8 Å². The van der Waals surface area contributed by atoms with E-state index in [0.29, 0.717) is 24.9 Å². The van der Waals surface area contributed by atoms with Gasteiger partial charge in [0.1, 0.15) is 0 Å². The molecule has 15 heavy (non-hydrogen) atoms. The molecule has 3 nitrogen and oxygen atoms in total. The van der Waals surface area contributed by atoms with Crippen molar-refractivity contribution in [3.05, 3.63) is 0 Å². The van der Waals surface area contributed by atoms with Crippen LogP contribution in [0.15, 0.2) is 0 Å². The molecule has 1 aliphatic rings. The minimum atomic E-state index is 0.309. The van der Waals surface area contributed by atoms with E-state index >= 15 is 0 Å². The molecule has 1 saturated heterocycles. The maximum absolute atomic E-state index is 11.8. The molecule has 1 aliphatic heterocycles. The maximum atomic E-state index is 11.8. The zero-order valence-electron chi connectivity index (χ0n) is 9.58.